The lowest BCUT2D eigenvalue weighted by molar-refractivity contribution is -0.0893. The second kappa shape index (κ2) is 8.46. The fourth-order valence-electron chi connectivity index (χ4n) is 4.09. The monoisotopic (exact) mass is 447 g/mol. The molecule has 4 aromatic carbocycles. The molecule has 3 nitrogen and oxygen atoms in total. The number of benzene rings is 4. The Balaban J connectivity index is 1.63. The number of aliphatic hydroxyl groups is 1. The van der Waals surface area contributed by atoms with Crippen LogP contribution in [0.3, 0.4) is 0 Å². The number of furan rings is 1. The number of hydrogen-bond donors (Lipinski definition) is 1. The minimum atomic E-state index is -0.982. The number of rotatable bonds is 6. The maximum absolute atomic E-state index is 10.4. The van der Waals surface area contributed by atoms with Crippen molar-refractivity contribution >= 4 is 34.9 Å². The molecule has 169 valence electrons. The fraction of sp³-hybridized carbons (Fsp3) is 0.200. The first-order valence-corrected chi connectivity index (χ1v) is 11.6. The molecular weight excluding hydrogens is 419 g/mol. The molecule has 34 heavy (non-hydrogen) atoms. The van der Waals surface area contributed by atoms with Crippen molar-refractivity contribution in [2.75, 3.05) is 0 Å². The second-order valence-electron chi connectivity index (χ2n) is 9.75. The van der Waals surface area contributed by atoms with Crippen LogP contribution in [0.1, 0.15) is 27.7 Å². The maximum atomic E-state index is 10.4. The molecule has 0 fully saturated rings. The molecule has 0 amide bonds. The molecule has 4 heteroatoms. The molecule has 0 spiro atoms. The van der Waals surface area contributed by atoms with Crippen LogP contribution >= 0.6 is 0 Å². The van der Waals surface area contributed by atoms with Gasteiger partial charge in [0.25, 0.3) is 0 Å². The molecule has 0 saturated carbocycles. The summed E-state index contributed by atoms with van der Waals surface area (Å²) in [6, 6.07) is 31.2. The molecular formula is C30H28BO3. The van der Waals surface area contributed by atoms with Crippen LogP contribution in [-0.2, 0) is 4.65 Å². The van der Waals surface area contributed by atoms with Crippen LogP contribution in [0.15, 0.2) is 95.4 Å². The molecule has 1 radical (unpaired) electrons. The first kappa shape index (κ1) is 22.5. The first-order valence-electron chi connectivity index (χ1n) is 11.6. The Bertz CT molecular complexity index is 1460. The summed E-state index contributed by atoms with van der Waals surface area (Å²) in [6.07, 6.45) is 0. The van der Waals surface area contributed by atoms with E-state index in [1.54, 1.807) is 21.3 Å². The Labute approximate surface area is 201 Å². The van der Waals surface area contributed by atoms with E-state index in [4.69, 9.17) is 9.07 Å². The molecule has 0 aliphatic rings. The van der Waals surface area contributed by atoms with Gasteiger partial charge in [-0.3, -0.25) is 0 Å². The van der Waals surface area contributed by atoms with Crippen molar-refractivity contribution in [3.63, 3.8) is 0 Å². The zero-order valence-corrected chi connectivity index (χ0v) is 20.0. The van der Waals surface area contributed by atoms with Crippen LogP contribution in [0.2, 0.25) is 0 Å². The maximum Gasteiger partial charge on any atom is 0.330 e. The SMILES string of the molecule is CC(C)(O)C(C)(C)O[B]c1ccc2oc3cccc(-c4ccccc4-c4ccccc4)c3c2c1. The predicted molar refractivity (Wildman–Crippen MR) is 141 cm³/mol. The highest BCUT2D eigenvalue weighted by Gasteiger charge is 2.35. The normalized spacial score (nSPS) is 12.4. The van der Waals surface area contributed by atoms with Crippen LogP contribution in [0.4, 0.5) is 0 Å². The van der Waals surface area contributed by atoms with E-state index in [1.807, 2.05) is 44.2 Å². The molecule has 0 atom stereocenters. The van der Waals surface area contributed by atoms with Gasteiger partial charge in [-0.25, -0.2) is 0 Å². The molecule has 5 aromatic rings. The summed E-state index contributed by atoms with van der Waals surface area (Å²) in [5, 5.41) is 12.5. The van der Waals surface area contributed by atoms with Gasteiger partial charge in [-0.15, -0.1) is 0 Å². The minimum absolute atomic E-state index is 0.736. The lowest BCUT2D eigenvalue weighted by atomic mass is 9.82. The zero-order chi connectivity index (χ0) is 23.9. The highest BCUT2D eigenvalue weighted by atomic mass is 16.5. The highest BCUT2D eigenvalue weighted by Crippen LogP contribution is 2.40. The Hall–Kier alpha value is -3.34. The second-order valence-corrected chi connectivity index (χ2v) is 9.75. The highest BCUT2D eigenvalue weighted by molar-refractivity contribution is 6.47. The van der Waals surface area contributed by atoms with Gasteiger partial charge in [0, 0.05) is 10.8 Å². The average Bonchev–Trinajstić information content (AvgIpc) is 3.21. The van der Waals surface area contributed by atoms with Crippen molar-refractivity contribution in [1.82, 2.24) is 0 Å². The Kier molecular flexibility index (Phi) is 5.59. The van der Waals surface area contributed by atoms with Gasteiger partial charge >= 0.3 is 7.48 Å². The third kappa shape index (κ3) is 4.04. The van der Waals surface area contributed by atoms with E-state index in [1.165, 1.54) is 11.1 Å². The van der Waals surface area contributed by atoms with Gasteiger partial charge in [-0.1, -0.05) is 84.3 Å². The van der Waals surface area contributed by atoms with Crippen LogP contribution in [-0.4, -0.2) is 23.8 Å². The lowest BCUT2D eigenvalue weighted by Gasteiger charge is -2.37. The molecule has 1 heterocycles. The molecule has 1 aromatic heterocycles. The third-order valence-electron chi connectivity index (χ3n) is 6.78. The van der Waals surface area contributed by atoms with Crippen LogP contribution in [0.5, 0.6) is 0 Å². The van der Waals surface area contributed by atoms with Crippen molar-refractivity contribution in [3.8, 4) is 22.3 Å². The Morgan fingerprint density at radius 3 is 2.12 bits per heavy atom. The quantitative estimate of drug-likeness (QED) is 0.294. The summed E-state index contributed by atoms with van der Waals surface area (Å²) in [5.74, 6) is 0. The standard InChI is InChI=1S/C30H28BO3/c1-29(2,32)30(3,4)34-31-21-17-18-26-25(19-21)28-24(15-10-16-27(28)33-26)23-14-9-8-13-22(23)20-11-6-5-7-12-20/h5-19,32H,1-4H3. The van der Waals surface area contributed by atoms with Crippen molar-refractivity contribution in [2.45, 2.75) is 38.9 Å². The van der Waals surface area contributed by atoms with Crippen molar-refractivity contribution in [2.24, 2.45) is 0 Å². The Morgan fingerprint density at radius 2 is 1.38 bits per heavy atom. The third-order valence-corrected chi connectivity index (χ3v) is 6.78. The molecule has 0 aliphatic carbocycles. The van der Waals surface area contributed by atoms with Gasteiger partial charge in [0.2, 0.25) is 0 Å². The van der Waals surface area contributed by atoms with E-state index < -0.39 is 11.2 Å². The van der Waals surface area contributed by atoms with E-state index in [-0.39, 0.29) is 0 Å². The van der Waals surface area contributed by atoms with Gasteiger partial charge in [-0.2, -0.15) is 0 Å². The minimum Gasteiger partial charge on any atom is -0.456 e. The van der Waals surface area contributed by atoms with Gasteiger partial charge < -0.3 is 14.2 Å². The van der Waals surface area contributed by atoms with Crippen LogP contribution in [0.25, 0.3) is 44.2 Å². The predicted octanol–water partition coefficient (Wildman–Crippen LogP) is 6.73. The molecule has 0 bridgehead atoms. The molecule has 0 aliphatic heterocycles. The molecule has 0 unspecified atom stereocenters. The zero-order valence-electron chi connectivity index (χ0n) is 20.0. The van der Waals surface area contributed by atoms with Gasteiger partial charge in [0.15, 0.2) is 0 Å². The van der Waals surface area contributed by atoms with Crippen molar-refractivity contribution < 1.29 is 14.2 Å². The fourth-order valence-corrected chi connectivity index (χ4v) is 4.09. The summed E-state index contributed by atoms with van der Waals surface area (Å²) < 4.78 is 12.2. The smallest absolute Gasteiger partial charge is 0.330 e. The number of fused-ring (bicyclic) bond motifs is 3. The molecule has 0 saturated heterocycles. The first-order chi connectivity index (χ1) is 16.2. The largest absolute Gasteiger partial charge is 0.456 e. The van der Waals surface area contributed by atoms with E-state index in [0.29, 0.717) is 0 Å². The van der Waals surface area contributed by atoms with Gasteiger partial charge in [0.05, 0.1) is 11.2 Å². The summed E-state index contributed by atoms with van der Waals surface area (Å²) in [7, 11) is 1.72. The number of hydrogen-bond acceptors (Lipinski definition) is 3. The van der Waals surface area contributed by atoms with E-state index >= 15 is 0 Å². The Morgan fingerprint density at radius 1 is 0.706 bits per heavy atom. The topological polar surface area (TPSA) is 42.6 Å². The van der Waals surface area contributed by atoms with E-state index in [9.17, 15) is 5.11 Å². The summed E-state index contributed by atoms with van der Waals surface area (Å²) in [6.45, 7) is 7.27. The summed E-state index contributed by atoms with van der Waals surface area (Å²) in [5.41, 5.74) is 5.54. The van der Waals surface area contributed by atoms with Crippen molar-refractivity contribution in [3.05, 3.63) is 91.0 Å². The van der Waals surface area contributed by atoms with E-state index in [0.717, 1.165) is 38.5 Å². The van der Waals surface area contributed by atoms with Gasteiger partial charge in [-0.05, 0) is 62.1 Å². The van der Waals surface area contributed by atoms with Crippen LogP contribution < -0.4 is 5.46 Å². The summed E-state index contributed by atoms with van der Waals surface area (Å²) >= 11 is 0. The molecule has 5 rings (SSSR count). The average molecular weight is 447 g/mol. The molecule has 1 N–H and O–H groups in total. The van der Waals surface area contributed by atoms with E-state index in [2.05, 4.69) is 60.7 Å². The van der Waals surface area contributed by atoms with Crippen molar-refractivity contribution in [1.29, 1.82) is 0 Å². The van der Waals surface area contributed by atoms with Crippen LogP contribution in [0, 0.1) is 0 Å². The summed E-state index contributed by atoms with van der Waals surface area (Å²) in [4.78, 5) is 0. The van der Waals surface area contributed by atoms with Gasteiger partial charge in [0.1, 0.15) is 11.2 Å². The lowest BCUT2D eigenvalue weighted by Crippen LogP contribution is -2.49.